The van der Waals surface area contributed by atoms with Crippen LogP contribution in [0.15, 0.2) is 66.0 Å². The number of rotatable bonds is 3. The minimum Gasteiger partial charge on any atom is -0.294 e. The molecule has 0 saturated heterocycles. The number of carbonyl (C=O) groups excluding carboxylic acids is 1. The first-order valence-electron chi connectivity index (χ1n) is 7.88. The first-order valence-corrected chi connectivity index (χ1v) is 9.24. The monoisotopic (exact) mass is 388 g/mol. The van der Waals surface area contributed by atoms with Gasteiger partial charge in [0.05, 0.1) is 0 Å². The number of fused-ring (bicyclic) bond motifs is 1. The maximum absolute atomic E-state index is 13.1. The van der Waals surface area contributed by atoms with Crippen molar-refractivity contribution >= 4 is 40.1 Å². The number of benzene rings is 2. The minimum atomic E-state index is -0.612. The molecule has 4 rings (SSSR count). The fraction of sp³-hybridized carbons (Fsp3) is 0.111. The van der Waals surface area contributed by atoms with Gasteiger partial charge in [0, 0.05) is 28.9 Å². The number of anilines is 1. The molecule has 2 heterocycles. The maximum atomic E-state index is 13.1. The van der Waals surface area contributed by atoms with E-state index in [-0.39, 0.29) is 11.7 Å². The van der Waals surface area contributed by atoms with E-state index in [1.165, 1.54) is 28.8 Å². The van der Waals surface area contributed by atoms with Gasteiger partial charge in [-0.3, -0.25) is 20.0 Å². The van der Waals surface area contributed by atoms with Crippen LogP contribution in [-0.2, 0) is 10.5 Å². The molecule has 2 aromatic carbocycles. The van der Waals surface area contributed by atoms with Crippen LogP contribution >= 0.6 is 23.4 Å². The molecular weight excluding hydrogens is 375 g/mol. The van der Waals surface area contributed by atoms with E-state index in [0.717, 1.165) is 5.56 Å². The molecule has 5 nitrogen and oxygen atoms in total. The average molecular weight is 389 g/mol. The number of hydrazone groups is 1. The van der Waals surface area contributed by atoms with E-state index < -0.39 is 6.17 Å². The smallest absolute Gasteiger partial charge is 0.276 e. The van der Waals surface area contributed by atoms with Crippen molar-refractivity contribution in [3.8, 4) is 0 Å². The van der Waals surface area contributed by atoms with Gasteiger partial charge in [0.1, 0.15) is 5.82 Å². The Labute approximate surface area is 159 Å². The summed E-state index contributed by atoms with van der Waals surface area (Å²) < 4.78 is 13.1. The molecule has 132 valence electrons. The molecular formula is C18H14ClFN4OS. The van der Waals surface area contributed by atoms with Crippen molar-refractivity contribution < 1.29 is 9.18 Å². The number of carbonyl (C=O) groups is 1. The lowest BCUT2D eigenvalue weighted by atomic mass is 10.2. The Kier molecular flexibility index (Phi) is 4.57. The first-order chi connectivity index (χ1) is 12.6. The molecule has 1 unspecified atom stereocenters. The number of halogens is 2. The van der Waals surface area contributed by atoms with Gasteiger partial charge in [0.15, 0.2) is 5.17 Å². The van der Waals surface area contributed by atoms with Crippen molar-refractivity contribution in [1.82, 2.24) is 10.3 Å². The lowest BCUT2D eigenvalue weighted by molar-refractivity contribution is -0.122. The summed E-state index contributed by atoms with van der Waals surface area (Å²) in [6, 6.07) is 13.4. The highest BCUT2D eigenvalue weighted by Gasteiger charge is 2.38. The Morgan fingerprint density at radius 1 is 1.15 bits per heavy atom. The molecule has 0 spiro atoms. The summed E-state index contributed by atoms with van der Waals surface area (Å²) in [7, 11) is 0. The van der Waals surface area contributed by atoms with Gasteiger partial charge in [-0.1, -0.05) is 41.6 Å². The molecule has 1 amide bonds. The van der Waals surface area contributed by atoms with Gasteiger partial charge < -0.3 is 0 Å². The molecule has 1 N–H and O–H groups in total. The molecule has 0 saturated carbocycles. The van der Waals surface area contributed by atoms with Crippen molar-refractivity contribution in [3.05, 3.63) is 77.3 Å². The van der Waals surface area contributed by atoms with Gasteiger partial charge in [-0.25, -0.2) is 4.39 Å². The summed E-state index contributed by atoms with van der Waals surface area (Å²) in [6.07, 6.45) is 2.83. The van der Waals surface area contributed by atoms with Crippen LogP contribution in [-0.4, -0.2) is 22.1 Å². The fourth-order valence-electron chi connectivity index (χ4n) is 2.69. The highest BCUT2D eigenvalue weighted by Crippen LogP contribution is 2.28. The number of amides is 1. The van der Waals surface area contributed by atoms with E-state index >= 15 is 0 Å². The number of thioether (sulfide) groups is 1. The minimum absolute atomic E-state index is 0.184. The van der Waals surface area contributed by atoms with Crippen LogP contribution in [0.2, 0.25) is 5.02 Å². The van der Waals surface area contributed by atoms with Crippen LogP contribution in [0.25, 0.3) is 0 Å². The summed E-state index contributed by atoms with van der Waals surface area (Å²) in [5.74, 6) is 0.119. The van der Waals surface area contributed by atoms with E-state index in [2.05, 4.69) is 10.5 Å². The zero-order valence-electron chi connectivity index (χ0n) is 13.5. The molecule has 0 radical (unpaired) electrons. The second kappa shape index (κ2) is 7.01. The standard InChI is InChI=1S/C18H14ClFN4OS/c19-15-4-2-1-3-12(15)11-26-18-22-21-16-17(25)23(9-10-24(16)18)14-7-5-13(20)6-8-14/h1-10,16,21H,11H2. The largest absolute Gasteiger partial charge is 0.294 e. The summed E-state index contributed by atoms with van der Waals surface area (Å²) in [4.78, 5) is 16.0. The van der Waals surface area contributed by atoms with Crippen LogP contribution in [0, 0.1) is 5.82 Å². The van der Waals surface area contributed by atoms with Crippen molar-refractivity contribution in [1.29, 1.82) is 0 Å². The number of hydrogen-bond donors (Lipinski definition) is 1. The predicted molar refractivity (Wildman–Crippen MR) is 102 cm³/mol. The van der Waals surface area contributed by atoms with E-state index in [1.807, 2.05) is 24.3 Å². The topological polar surface area (TPSA) is 47.9 Å². The fourth-order valence-corrected chi connectivity index (χ4v) is 3.94. The number of amidine groups is 1. The molecule has 2 aliphatic rings. The van der Waals surface area contributed by atoms with Crippen molar-refractivity contribution in [2.45, 2.75) is 11.9 Å². The number of hydrogen-bond acceptors (Lipinski definition) is 5. The Hall–Kier alpha value is -2.51. The van der Waals surface area contributed by atoms with Gasteiger partial charge in [-0.05, 0) is 35.9 Å². The van der Waals surface area contributed by atoms with E-state index in [0.29, 0.717) is 21.6 Å². The molecule has 0 fully saturated rings. The molecule has 26 heavy (non-hydrogen) atoms. The molecule has 2 aromatic rings. The average Bonchev–Trinajstić information content (AvgIpc) is 3.06. The van der Waals surface area contributed by atoms with Crippen LogP contribution in [0.1, 0.15) is 5.56 Å². The SMILES string of the molecule is O=C1C2NN=C(SCc3ccccc3Cl)N2C=CN1c1ccc(F)cc1. The zero-order valence-corrected chi connectivity index (χ0v) is 15.0. The Morgan fingerprint density at radius 2 is 1.92 bits per heavy atom. The van der Waals surface area contributed by atoms with E-state index in [9.17, 15) is 9.18 Å². The quantitative estimate of drug-likeness (QED) is 0.870. The lowest BCUT2D eigenvalue weighted by Gasteiger charge is -2.31. The van der Waals surface area contributed by atoms with Gasteiger partial charge >= 0.3 is 0 Å². The normalized spacial score (nSPS) is 18.6. The Balaban J connectivity index is 1.48. The summed E-state index contributed by atoms with van der Waals surface area (Å²) in [5, 5.41) is 5.67. The highest BCUT2D eigenvalue weighted by atomic mass is 35.5. The van der Waals surface area contributed by atoms with Crippen molar-refractivity contribution in [2.24, 2.45) is 5.10 Å². The molecule has 0 bridgehead atoms. The third kappa shape index (κ3) is 3.15. The molecule has 0 aliphatic carbocycles. The van der Waals surface area contributed by atoms with Gasteiger partial charge in [0.25, 0.3) is 5.91 Å². The summed E-state index contributed by atoms with van der Waals surface area (Å²) in [6.45, 7) is 0. The molecule has 2 aliphatic heterocycles. The third-order valence-corrected chi connectivity index (χ3v) is 5.43. The number of nitrogens with one attached hydrogen (secondary N) is 1. The van der Waals surface area contributed by atoms with Crippen LogP contribution < -0.4 is 10.3 Å². The number of nitrogens with zero attached hydrogens (tertiary/aromatic N) is 3. The third-order valence-electron chi connectivity index (χ3n) is 4.05. The summed E-state index contributed by atoms with van der Waals surface area (Å²) in [5.41, 5.74) is 4.47. The van der Waals surface area contributed by atoms with E-state index in [1.54, 1.807) is 29.4 Å². The van der Waals surface area contributed by atoms with Crippen LogP contribution in [0.5, 0.6) is 0 Å². The highest BCUT2D eigenvalue weighted by molar-refractivity contribution is 8.13. The van der Waals surface area contributed by atoms with Gasteiger partial charge in [0.2, 0.25) is 6.17 Å². The van der Waals surface area contributed by atoms with Gasteiger partial charge in [-0.2, -0.15) is 5.10 Å². The van der Waals surface area contributed by atoms with Crippen molar-refractivity contribution in [3.63, 3.8) is 0 Å². The van der Waals surface area contributed by atoms with Gasteiger partial charge in [-0.15, -0.1) is 0 Å². The molecule has 8 heteroatoms. The van der Waals surface area contributed by atoms with Crippen molar-refractivity contribution in [2.75, 3.05) is 4.90 Å². The van der Waals surface area contributed by atoms with Crippen LogP contribution in [0.3, 0.4) is 0 Å². The lowest BCUT2D eigenvalue weighted by Crippen LogP contribution is -2.52. The summed E-state index contributed by atoms with van der Waals surface area (Å²) >= 11 is 7.68. The molecule has 0 aromatic heterocycles. The molecule has 1 atom stereocenters. The maximum Gasteiger partial charge on any atom is 0.276 e. The Bertz CT molecular complexity index is 902. The zero-order chi connectivity index (χ0) is 18.1. The predicted octanol–water partition coefficient (Wildman–Crippen LogP) is 3.73. The van der Waals surface area contributed by atoms with E-state index in [4.69, 9.17) is 11.6 Å². The van der Waals surface area contributed by atoms with Crippen LogP contribution in [0.4, 0.5) is 10.1 Å². The second-order valence-electron chi connectivity index (χ2n) is 5.70. The first kappa shape index (κ1) is 16.9. The Morgan fingerprint density at radius 3 is 2.69 bits per heavy atom. The second-order valence-corrected chi connectivity index (χ2v) is 7.05.